The molecule has 1 rings (SSSR count). The predicted octanol–water partition coefficient (Wildman–Crippen LogP) is 1.59. The fourth-order valence-electron chi connectivity index (χ4n) is 1.41. The lowest BCUT2D eigenvalue weighted by molar-refractivity contribution is -0.758. The molecule has 3 N–H and O–H groups in total. The SMILES string of the molecule is N/C(=N\N=C\c1c(Cl)cccc1Cl)NC(=O)OCCOCCO[N+](=O)[O-]. The van der Waals surface area contributed by atoms with Crippen molar-refractivity contribution >= 4 is 41.5 Å². The van der Waals surface area contributed by atoms with Gasteiger partial charge in [0, 0.05) is 5.56 Å². The van der Waals surface area contributed by atoms with Crippen molar-refractivity contribution < 1.29 is 24.2 Å². The fraction of sp³-hybridized carbons (Fsp3) is 0.308. The van der Waals surface area contributed by atoms with Gasteiger partial charge in [0.25, 0.3) is 5.09 Å². The van der Waals surface area contributed by atoms with Gasteiger partial charge in [-0.3, -0.25) is 5.32 Å². The van der Waals surface area contributed by atoms with Crippen LogP contribution in [0.1, 0.15) is 5.56 Å². The molecule has 0 radical (unpaired) electrons. The van der Waals surface area contributed by atoms with Crippen LogP contribution in [0.4, 0.5) is 4.79 Å². The van der Waals surface area contributed by atoms with Crippen LogP contribution < -0.4 is 11.1 Å². The smallest absolute Gasteiger partial charge is 0.414 e. The van der Waals surface area contributed by atoms with Crippen molar-refractivity contribution in [2.24, 2.45) is 15.9 Å². The molecule has 26 heavy (non-hydrogen) atoms. The number of hydrogen-bond donors (Lipinski definition) is 2. The van der Waals surface area contributed by atoms with Gasteiger partial charge in [-0.1, -0.05) is 29.3 Å². The second-order valence-electron chi connectivity index (χ2n) is 4.30. The number of ether oxygens (including phenoxy) is 2. The summed E-state index contributed by atoms with van der Waals surface area (Å²) in [4.78, 5) is 25.3. The summed E-state index contributed by atoms with van der Waals surface area (Å²) in [6.45, 7) is -0.314. The number of halogens is 2. The van der Waals surface area contributed by atoms with Crippen LogP contribution in [0.25, 0.3) is 0 Å². The van der Waals surface area contributed by atoms with Gasteiger partial charge in [-0.05, 0) is 12.1 Å². The van der Waals surface area contributed by atoms with Crippen molar-refractivity contribution in [2.75, 3.05) is 26.4 Å². The molecule has 0 aliphatic heterocycles. The molecule has 0 atom stereocenters. The average Bonchev–Trinajstić information content (AvgIpc) is 2.56. The lowest BCUT2D eigenvalue weighted by atomic mass is 10.2. The lowest BCUT2D eigenvalue weighted by Gasteiger charge is -2.06. The van der Waals surface area contributed by atoms with Crippen LogP contribution in [-0.2, 0) is 14.3 Å². The number of guanidine groups is 1. The topological polar surface area (TPSA) is 151 Å². The van der Waals surface area contributed by atoms with Crippen LogP contribution in [0.2, 0.25) is 10.0 Å². The second kappa shape index (κ2) is 11.8. The van der Waals surface area contributed by atoms with E-state index < -0.39 is 11.2 Å². The zero-order chi connectivity index (χ0) is 19.4. The standard InChI is InChI=1S/C13H15Cl2N5O6/c14-10-2-1-3-11(15)9(10)8-17-19-12(16)18-13(21)25-6-4-24-5-7-26-20(22)23/h1-3,8H,4-7H2,(H3,16,18,19,21)/b17-8+. The Labute approximate surface area is 157 Å². The normalized spacial score (nSPS) is 11.4. The Morgan fingerprint density at radius 3 is 2.58 bits per heavy atom. The number of hydrogen-bond acceptors (Lipinski definition) is 8. The third-order valence-electron chi connectivity index (χ3n) is 2.47. The van der Waals surface area contributed by atoms with Gasteiger partial charge >= 0.3 is 6.09 Å². The Bertz CT molecular complexity index is 665. The summed E-state index contributed by atoms with van der Waals surface area (Å²) in [7, 11) is 0. The summed E-state index contributed by atoms with van der Waals surface area (Å²) in [5, 5.41) is 19.0. The van der Waals surface area contributed by atoms with E-state index in [-0.39, 0.29) is 32.4 Å². The van der Waals surface area contributed by atoms with E-state index in [1.165, 1.54) is 6.21 Å². The predicted molar refractivity (Wildman–Crippen MR) is 93.9 cm³/mol. The van der Waals surface area contributed by atoms with Crippen molar-refractivity contribution in [3.8, 4) is 0 Å². The van der Waals surface area contributed by atoms with E-state index in [0.717, 1.165) is 0 Å². The van der Waals surface area contributed by atoms with Gasteiger partial charge in [-0.2, -0.15) is 5.10 Å². The maximum absolute atomic E-state index is 11.4. The summed E-state index contributed by atoms with van der Waals surface area (Å²) in [6.07, 6.45) is 0.410. The maximum atomic E-state index is 11.4. The van der Waals surface area contributed by atoms with Gasteiger partial charge in [-0.25, -0.2) is 4.79 Å². The van der Waals surface area contributed by atoms with Crippen LogP contribution in [0, 0.1) is 10.1 Å². The molecule has 142 valence electrons. The molecule has 1 aromatic carbocycles. The summed E-state index contributed by atoms with van der Waals surface area (Å²) in [5.41, 5.74) is 5.91. The van der Waals surface area contributed by atoms with E-state index in [1.807, 2.05) is 0 Å². The molecule has 0 aromatic heterocycles. The number of carbonyl (C=O) groups is 1. The van der Waals surface area contributed by atoms with Crippen molar-refractivity contribution in [1.29, 1.82) is 0 Å². The highest BCUT2D eigenvalue weighted by molar-refractivity contribution is 6.38. The number of nitrogens with one attached hydrogen (secondary N) is 1. The molecule has 0 saturated heterocycles. The summed E-state index contributed by atoms with van der Waals surface area (Å²) < 4.78 is 9.67. The maximum Gasteiger partial charge on any atom is 0.414 e. The minimum atomic E-state index is -0.933. The van der Waals surface area contributed by atoms with Crippen LogP contribution in [-0.4, -0.2) is 49.8 Å². The third-order valence-corrected chi connectivity index (χ3v) is 3.13. The fourth-order valence-corrected chi connectivity index (χ4v) is 1.91. The first-order chi connectivity index (χ1) is 12.4. The molecular weight excluding hydrogens is 393 g/mol. The molecule has 0 aliphatic rings. The van der Waals surface area contributed by atoms with Crippen LogP contribution >= 0.6 is 23.2 Å². The zero-order valence-electron chi connectivity index (χ0n) is 13.3. The Kier molecular flexibility index (Phi) is 9.75. The first-order valence-corrected chi connectivity index (χ1v) is 7.75. The average molecular weight is 408 g/mol. The largest absolute Gasteiger partial charge is 0.447 e. The molecule has 1 amide bonds. The first-order valence-electron chi connectivity index (χ1n) is 6.99. The Hall–Kier alpha value is -2.63. The molecule has 13 heteroatoms. The molecule has 11 nitrogen and oxygen atoms in total. The van der Waals surface area contributed by atoms with Gasteiger partial charge < -0.3 is 20.0 Å². The van der Waals surface area contributed by atoms with E-state index >= 15 is 0 Å². The minimum absolute atomic E-state index is 0.0190. The number of carbonyl (C=O) groups excluding carboxylic acids is 1. The van der Waals surface area contributed by atoms with Crippen molar-refractivity contribution in [3.05, 3.63) is 43.9 Å². The van der Waals surface area contributed by atoms with Gasteiger partial charge in [0.15, 0.2) is 0 Å². The van der Waals surface area contributed by atoms with Gasteiger partial charge in [0.1, 0.15) is 13.2 Å². The van der Waals surface area contributed by atoms with E-state index in [4.69, 9.17) is 38.4 Å². The summed E-state index contributed by atoms with van der Waals surface area (Å²) in [5.74, 6) is -0.310. The molecular formula is C13H15Cl2N5O6. The monoisotopic (exact) mass is 407 g/mol. The highest BCUT2D eigenvalue weighted by Gasteiger charge is 2.04. The molecule has 1 aromatic rings. The third kappa shape index (κ3) is 9.01. The number of nitrogens with zero attached hydrogens (tertiary/aromatic N) is 3. The summed E-state index contributed by atoms with van der Waals surface area (Å²) >= 11 is 11.9. The van der Waals surface area contributed by atoms with E-state index in [0.29, 0.717) is 15.6 Å². The first kappa shape index (κ1) is 21.4. The van der Waals surface area contributed by atoms with Gasteiger partial charge in [-0.15, -0.1) is 15.2 Å². The highest BCUT2D eigenvalue weighted by Crippen LogP contribution is 2.22. The van der Waals surface area contributed by atoms with E-state index in [2.05, 4.69) is 20.4 Å². The second-order valence-corrected chi connectivity index (χ2v) is 5.11. The molecule has 0 unspecified atom stereocenters. The lowest BCUT2D eigenvalue weighted by Crippen LogP contribution is -2.37. The van der Waals surface area contributed by atoms with Gasteiger partial charge in [0.2, 0.25) is 5.96 Å². The molecule has 0 spiro atoms. The van der Waals surface area contributed by atoms with Crippen molar-refractivity contribution in [2.45, 2.75) is 0 Å². The zero-order valence-corrected chi connectivity index (χ0v) is 14.8. The number of rotatable bonds is 9. The number of benzene rings is 1. The number of amides is 1. The van der Waals surface area contributed by atoms with Crippen LogP contribution in [0.15, 0.2) is 28.4 Å². The molecule has 0 bridgehead atoms. The summed E-state index contributed by atoms with van der Waals surface area (Å²) in [6, 6.07) is 4.93. The Morgan fingerprint density at radius 2 is 1.92 bits per heavy atom. The quantitative estimate of drug-likeness (QED) is 0.207. The Balaban J connectivity index is 2.28. The van der Waals surface area contributed by atoms with E-state index in [9.17, 15) is 14.9 Å². The Morgan fingerprint density at radius 1 is 1.27 bits per heavy atom. The molecule has 0 fully saturated rings. The van der Waals surface area contributed by atoms with E-state index in [1.54, 1.807) is 18.2 Å². The molecule has 0 saturated carbocycles. The van der Waals surface area contributed by atoms with Crippen LogP contribution in [0.3, 0.4) is 0 Å². The highest BCUT2D eigenvalue weighted by atomic mass is 35.5. The number of nitrogens with two attached hydrogens (primary N) is 1. The van der Waals surface area contributed by atoms with Gasteiger partial charge in [0.05, 0.1) is 29.5 Å². The molecule has 0 heterocycles. The molecule has 0 aliphatic carbocycles. The van der Waals surface area contributed by atoms with Crippen molar-refractivity contribution in [3.63, 3.8) is 0 Å². The van der Waals surface area contributed by atoms with Crippen LogP contribution in [0.5, 0.6) is 0 Å². The number of alkyl carbamates (subject to hydrolysis) is 1. The minimum Gasteiger partial charge on any atom is -0.447 e. The van der Waals surface area contributed by atoms with Crippen molar-refractivity contribution in [1.82, 2.24) is 5.32 Å².